The molecule has 0 fully saturated rings. The Hall–Kier alpha value is -1.59. The van der Waals surface area contributed by atoms with Gasteiger partial charge in [-0.3, -0.25) is 4.68 Å². The second-order valence-electron chi connectivity index (χ2n) is 4.44. The minimum Gasteiger partial charge on any atom is -0.465 e. The molecule has 19 heavy (non-hydrogen) atoms. The van der Waals surface area contributed by atoms with Gasteiger partial charge in [-0.15, -0.1) is 0 Å². The van der Waals surface area contributed by atoms with E-state index in [0.29, 0.717) is 12.2 Å². The molecule has 4 nitrogen and oxygen atoms in total. The Morgan fingerprint density at radius 2 is 2.16 bits per heavy atom. The molecular weight excluding hydrogens is 308 g/mol. The van der Waals surface area contributed by atoms with Crippen molar-refractivity contribution in [2.24, 2.45) is 7.05 Å². The van der Waals surface area contributed by atoms with Gasteiger partial charge in [0.15, 0.2) is 0 Å². The zero-order chi connectivity index (χ0) is 13.4. The van der Waals surface area contributed by atoms with E-state index >= 15 is 0 Å². The molecule has 0 bridgehead atoms. The largest absolute Gasteiger partial charge is 0.465 e. The average molecular weight is 321 g/mol. The molecule has 0 spiro atoms. The third-order valence-electron chi connectivity index (χ3n) is 3.17. The predicted octanol–water partition coefficient (Wildman–Crippen LogP) is 3.20. The molecule has 3 aromatic rings. The predicted molar refractivity (Wildman–Crippen MR) is 75.8 cm³/mol. The highest BCUT2D eigenvalue weighted by molar-refractivity contribution is 9.10. The van der Waals surface area contributed by atoms with Crippen LogP contribution in [0.4, 0.5) is 0 Å². The number of fused-ring (bicyclic) bond motifs is 1. The number of halogens is 1. The molecule has 0 aliphatic heterocycles. The summed E-state index contributed by atoms with van der Waals surface area (Å²) < 4.78 is 7.89. The Kier molecular flexibility index (Phi) is 3.16. The van der Waals surface area contributed by atoms with Crippen molar-refractivity contribution in [1.82, 2.24) is 9.78 Å². The fraction of sp³-hybridized carbons (Fsp3) is 0.214. The third kappa shape index (κ3) is 2.19. The number of aliphatic hydroxyl groups excluding tert-OH is 1. The van der Waals surface area contributed by atoms with E-state index in [-0.39, 0.29) is 0 Å². The van der Waals surface area contributed by atoms with Crippen molar-refractivity contribution in [1.29, 1.82) is 0 Å². The van der Waals surface area contributed by atoms with Crippen LogP contribution in [-0.2, 0) is 13.5 Å². The van der Waals surface area contributed by atoms with E-state index in [1.54, 1.807) is 12.3 Å². The lowest BCUT2D eigenvalue weighted by atomic mass is 10.1. The highest BCUT2D eigenvalue weighted by Gasteiger charge is 2.18. The van der Waals surface area contributed by atoms with E-state index in [4.69, 9.17) is 4.42 Å². The van der Waals surface area contributed by atoms with Crippen molar-refractivity contribution in [2.75, 3.05) is 0 Å². The molecule has 1 N–H and O–H groups in total. The number of aliphatic hydroxyl groups is 1. The Labute approximate surface area is 118 Å². The molecule has 98 valence electrons. The van der Waals surface area contributed by atoms with E-state index in [1.807, 2.05) is 36.0 Å². The fourth-order valence-corrected chi connectivity index (χ4v) is 2.72. The number of rotatable bonds is 3. The maximum Gasteiger partial charge on any atom is 0.146 e. The van der Waals surface area contributed by atoms with Crippen LogP contribution >= 0.6 is 15.9 Å². The zero-order valence-corrected chi connectivity index (χ0v) is 12.0. The van der Waals surface area contributed by atoms with E-state index in [2.05, 4.69) is 21.0 Å². The molecule has 2 heterocycles. The van der Waals surface area contributed by atoms with Crippen LogP contribution in [0.5, 0.6) is 0 Å². The molecule has 5 heteroatoms. The van der Waals surface area contributed by atoms with Crippen LogP contribution in [-0.4, -0.2) is 14.9 Å². The SMILES string of the molecule is Cn1nc(CC(O)c2occc2Br)c2ccccc21. The Balaban J connectivity index is 1.96. The van der Waals surface area contributed by atoms with Gasteiger partial charge in [-0.1, -0.05) is 18.2 Å². The lowest BCUT2D eigenvalue weighted by Gasteiger charge is -2.06. The summed E-state index contributed by atoms with van der Waals surface area (Å²) in [6.07, 6.45) is 1.27. The summed E-state index contributed by atoms with van der Waals surface area (Å²) in [5.74, 6) is 0.537. The molecular formula is C14H13BrN2O2. The number of benzene rings is 1. The monoisotopic (exact) mass is 320 g/mol. The summed E-state index contributed by atoms with van der Waals surface area (Å²) >= 11 is 3.36. The van der Waals surface area contributed by atoms with Crippen molar-refractivity contribution >= 4 is 26.8 Å². The summed E-state index contributed by atoms with van der Waals surface area (Å²) in [6.45, 7) is 0. The number of hydrogen-bond donors (Lipinski definition) is 1. The lowest BCUT2D eigenvalue weighted by molar-refractivity contribution is 0.148. The number of hydrogen-bond acceptors (Lipinski definition) is 3. The minimum atomic E-state index is -0.706. The molecule has 2 aromatic heterocycles. The minimum absolute atomic E-state index is 0.424. The van der Waals surface area contributed by atoms with Crippen molar-refractivity contribution in [3.05, 3.63) is 52.5 Å². The quantitative estimate of drug-likeness (QED) is 0.806. The molecule has 0 saturated heterocycles. The number of nitrogens with zero attached hydrogens (tertiary/aromatic N) is 2. The zero-order valence-electron chi connectivity index (χ0n) is 10.4. The van der Waals surface area contributed by atoms with Crippen LogP contribution in [0.2, 0.25) is 0 Å². The Bertz CT molecular complexity index is 717. The summed E-state index contributed by atoms with van der Waals surface area (Å²) in [5, 5.41) is 15.8. The Morgan fingerprint density at radius 3 is 2.89 bits per heavy atom. The first-order chi connectivity index (χ1) is 9.16. The maximum absolute atomic E-state index is 10.2. The molecule has 3 rings (SSSR count). The van der Waals surface area contributed by atoms with E-state index in [0.717, 1.165) is 21.1 Å². The number of aryl methyl sites for hydroxylation is 1. The van der Waals surface area contributed by atoms with Crippen molar-refractivity contribution < 1.29 is 9.52 Å². The van der Waals surface area contributed by atoms with Gasteiger partial charge in [0.05, 0.1) is 21.9 Å². The van der Waals surface area contributed by atoms with Crippen molar-refractivity contribution in [3.63, 3.8) is 0 Å². The number of furan rings is 1. The molecule has 0 aliphatic rings. The Morgan fingerprint density at radius 1 is 1.37 bits per heavy atom. The van der Waals surface area contributed by atoms with Gasteiger partial charge in [-0.2, -0.15) is 5.10 Å². The molecule has 1 atom stereocenters. The van der Waals surface area contributed by atoms with Gasteiger partial charge in [-0.05, 0) is 28.1 Å². The van der Waals surface area contributed by atoms with Gasteiger partial charge < -0.3 is 9.52 Å². The van der Waals surface area contributed by atoms with Crippen LogP contribution in [0, 0.1) is 0 Å². The second-order valence-corrected chi connectivity index (χ2v) is 5.29. The topological polar surface area (TPSA) is 51.2 Å². The van der Waals surface area contributed by atoms with Gasteiger partial charge in [-0.25, -0.2) is 0 Å². The standard InChI is InChI=1S/C14H13BrN2O2/c1-17-12-5-3-2-4-9(12)11(16-17)8-13(18)14-10(15)6-7-19-14/h2-7,13,18H,8H2,1H3. The smallest absolute Gasteiger partial charge is 0.146 e. The van der Waals surface area contributed by atoms with Crippen molar-refractivity contribution in [2.45, 2.75) is 12.5 Å². The lowest BCUT2D eigenvalue weighted by Crippen LogP contribution is -2.02. The van der Waals surface area contributed by atoms with Crippen LogP contribution in [0.1, 0.15) is 17.6 Å². The number of para-hydroxylation sites is 1. The molecule has 0 amide bonds. The van der Waals surface area contributed by atoms with Crippen molar-refractivity contribution in [3.8, 4) is 0 Å². The van der Waals surface area contributed by atoms with Crippen LogP contribution < -0.4 is 0 Å². The number of aromatic nitrogens is 2. The van der Waals surface area contributed by atoms with Gasteiger partial charge in [0, 0.05) is 18.9 Å². The second kappa shape index (κ2) is 4.83. The summed E-state index contributed by atoms with van der Waals surface area (Å²) in [5.41, 5.74) is 1.93. The summed E-state index contributed by atoms with van der Waals surface area (Å²) in [6, 6.07) is 9.76. The summed E-state index contributed by atoms with van der Waals surface area (Å²) in [7, 11) is 1.90. The molecule has 1 unspecified atom stereocenters. The summed E-state index contributed by atoms with van der Waals surface area (Å²) in [4.78, 5) is 0. The third-order valence-corrected chi connectivity index (χ3v) is 3.82. The fourth-order valence-electron chi connectivity index (χ4n) is 2.26. The molecule has 0 aliphatic carbocycles. The average Bonchev–Trinajstić information content (AvgIpc) is 2.95. The van der Waals surface area contributed by atoms with Crippen LogP contribution in [0.3, 0.4) is 0 Å². The molecule has 0 saturated carbocycles. The van der Waals surface area contributed by atoms with Gasteiger partial charge in [0.2, 0.25) is 0 Å². The molecule has 0 radical (unpaired) electrons. The van der Waals surface area contributed by atoms with E-state index in [1.165, 1.54) is 0 Å². The van der Waals surface area contributed by atoms with E-state index < -0.39 is 6.10 Å². The first kappa shape index (κ1) is 12.4. The highest BCUT2D eigenvalue weighted by Crippen LogP contribution is 2.28. The normalized spacial score (nSPS) is 13.0. The van der Waals surface area contributed by atoms with Crippen LogP contribution in [0.25, 0.3) is 10.9 Å². The first-order valence-electron chi connectivity index (χ1n) is 5.98. The van der Waals surface area contributed by atoms with Gasteiger partial charge in [0.25, 0.3) is 0 Å². The highest BCUT2D eigenvalue weighted by atomic mass is 79.9. The first-order valence-corrected chi connectivity index (χ1v) is 6.77. The van der Waals surface area contributed by atoms with Gasteiger partial charge in [0.1, 0.15) is 11.9 Å². The molecule has 1 aromatic carbocycles. The van der Waals surface area contributed by atoms with E-state index in [9.17, 15) is 5.11 Å². The van der Waals surface area contributed by atoms with Gasteiger partial charge >= 0.3 is 0 Å². The van der Waals surface area contributed by atoms with Crippen LogP contribution in [0.15, 0.2) is 45.5 Å². The maximum atomic E-state index is 10.2.